The van der Waals surface area contributed by atoms with Gasteiger partial charge < -0.3 is 14.8 Å². The maximum atomic E-state index is 11.9. The number of unbranched alkanes of at least 4 members (excludes halogenated alkanes) is 13. The van der Waals surface area contributed by atoms with Crippen LogP contribution >= 0.6 is 0 Å². The first-order chi connectivity index (χ1) is 17.9. The molecular weight excluding hydrogens is 492 g/mol. The summed E-state index contributed by atoms with van der Waals surface area (Å²) in [6.07, 6.45) is 18.8. The van der Waals surface area contributed by atoms with Crippen LogP contribution in [0.15, 0.2) is 36.6 Å². The van der Waals surface area contributed by atoms with Crippen LogP contribution in [-0.4, -0.2) is 46.8 Å². The maximum Gasteiger partial charge on any atom is 0.342 e. The molecule has 0 unspecified atom stereocenters. The van der Waals surface area contributed by atoms with E-state index in [1.54, 1.807) is 12.1 Å². The van der Waals surface area contributed by atoms with E-state index in [-0.39, 0.29) is 5.75 Å². The van der Waals surface area contributed by atoms with Gasteiger partial charge in [-0.05, 0) is 44.2 Å². The number of sulfonamides is 1. The van der Waals surface area contributed by atoms with Gasteiger partial charge in [0, 0.05) is 12.2 Å². The summed E-state index contributed by atoms with van der Waals surface area (Å²) in [6, 6.07) is 7.08. The number of carbonyl (C=O) groups excluding carboxylic acids is 2. The zero-order chi connectivity index (χ0) is 27.2. The molecule has 0 fully saturated rings. The number of methoxy groups -OCH3 is 1. The molecule has 37 heavy (non-hydrogen) atoms. The Morgan fingerprint density at radius 1 is 0.784 bits per heavy atom. The van der Waals surface area contributed by atoms with Crippen LogP contribution in [0.1, 0.15) is 100 Å². The van der Waals surface area contributed by atoms with Gasteiger partial charge in [0.15, 0.2) is 0 Å². The van der Waals surface area contributed by atoms with Gasteiger partial charge in [-0.3, -0.25) is 0 Å². The van der Waals surface area contributed by atoms with Gasteiger partial charge in [0.05, 0.1) is 24.5 Å². The van der Waals surface area contributed by atoms with Crippen LogP contribution in [0.5, 0.6) is 0 Å². The second-order valence-electron chi connectivity index (χ2n) is 9.21. The summed E-state index contributed by atoms with van der Waals surface area (Å²) in [5.74, 6) is -0.866. The van der Waals surface area contributed by atoms with Crippen molar-refractivity contribution >= 4 is 27.6 Å². The summed E-state index contributed by atoms with van der Waals surface area (Å²) in [5.41, 5.74) is 1.37. The molecule has 0 aliphatic heterocycles. The summed E-state index contributed by atoms with van der Waals surface area (Å²) in [7, 11) is -0.312. The number of esters is 2. The first kappa shape index (κ1) is 32.6. The standard InChI is InChI=1S/C28H46N2O6S/c1-29-37(33,34)24-16-14-12-10-8-6-4-3-5-7-9-11-13-15-22-30-26-19-17-25(18-20-26)28(32)36-23-21-27(31)35-2/h17-21,23,29-30H,3-16,22,24H2,1-2H3. The van der Waals surface area contributed by atoms with Gasteiger partial charge >= 0.3 is 11.9 Å². The number of rotatable bonds is 22. The van der Waals surface area contributed by atoms with Crippen LogP contribution in [0.4, 0.5) is 5.69 Å². The Bertz CT molecular complexity index is 884. The second-order valence-corrected chi connectivity index (χ2v) is 11.3. The molecule has 1 aromatic rings. The van der Waals surface area contributed by atoms with Gasteiger partial charge in [-0.15, -0.1) is 0 Å². The predicted molar refractivity (Wildman–Crippen MR) is 149 cm³/mol. The number of hydrogen-bond donors (Lipinski definition) is 2. The maximum absolute atomic E-state index is 11.9. The molecule has 0 aliphatic rings. The minimum absolute atomic E-state index is 0.244. The third-order valence-electron chi connectivity index (χ3n) is 6.18. The SMILES string of the molecule is CNS(=O)(=O)CCCCCCCCCCCCCCCCNc1ccc(C(=O)OC=CC(=O)OC)cc1. The van der Waals surface area contributed by atoms with E-state index in [0.717, 1.165) is 50.3 Å². The van der Waals surface area contributed by atoms with Crippen LogP contribution in [0.2, 0.25) is 0 Å². The third-order valence-corrected chi connectivity index (χ3v) is 7.63. The average molecular weight is 539 g/mol. The molecule has 2 N–H and O–H groups in total. The van der Waals surface area contributed by atoms with E-state index in [4.69, 9.17) is 4.74 Å². The van der Waals surface area contributed by atoms with Gasteiger partial charge in [0.25, 0.3) is 0 Å². The van der Waals surface area contributed by atoms with Crippen LogP contribution in [-0.2, 0) is 24.3 Å². The number of benzene rings is 1. The molecule has 1 rings (SSSR count). The second kappa shape index (κ2) is 20.6. The first-order valence-electron chi connectivity index (χ1n) is 13.6. The van der Waals surface area contributed by atoms with E-state index in [1.165, 1.54) is 78.4 Å². The number of anilines is 1. The minimum Gasteiger partial charge on any atom is -0.466 e. The molecule has 0 radical (unpaired) electrons. The lowest BCUT2D eigenvalue weighted by Crippen LogP contribution is -2.21. The Morgan fingerprint density at radius 2 is 1.27 bits per heavy atom. The van der Waals surface area contributed by atoms with E-state index in [0.29, 0.717) is 5.56 Å². The monoisotopic (exact) mass is 538 g/mol. The first-order valence-corrected chi connectivity index (χ1v) is 15.2. The fraction of sp³-hybridized carbons (Fsp3) is 0.643. The van der Waals surface area contributed by atoms with Crippen molar-refractivity contribution in [3.8, 4) is 0 Å². The number of ether oxygens (including phenoxy) is 2. The molecule has 0 amide bonds. The number of hydrogen-bond acceptors (Lipinski definition) is 7. The topological polar surface area (TPSA) is 111 Å². The molecule has 0 aromatic heterocycles. The Balaban J connectivity index is 1.92. The molecule has 0 saturated heterocycles. The lowest BCUT2D eigenvalue weighted by Gasteiger charge is -2.07. The van der Waals surface area contributed by atoms with Crippen molar-refractivity contribution in [1.82, 2.24) is 4.72 Å². The lowest BCUT2D eigenvalue weighted by atomic mass is 10.0. The number of nitrogens with one attached hydrogen (secondary N) is 2. The minimum atomic E-state index is -3.04. The fourth-order valence-corrected chi connectivity index (χ4v) is 4.67. The zero-order valence-corrected chi connectivity index (χ0v) is 23.5. The summed E-state index contributed by atoms with van der Waals surface area (Å²) >= 11 is 0. The summed E-state index contributed by atoms with van der Waals surface area (Å²) < 4.78 is 34.3. The van der Waals surface area contributed by atoms with Crippen molar-refractivity contribution in [3.05, 3.63) is 42.2 Å². The van der Waals surface area contributed by atoms with Crippen molar-refractivity contribution < 1.29 is 27.5 Å². The van der Waals surface area contributed by atoms with Crippen LogP contribution in [0.3, 0.4) is 0 Å². The van der Waals surface area contributed by atoms with Crippen LogP contribution < -0.4 is 10.0 Å². The summed E-state index contributed by atoms with van der Waals surface area (Å²) in [4.78, 5) is 22.9. The molecule has 8 nitrogen and oxygen atoms in total. The van der Waals surface area contributed by atoms with Gasteiger partial charge in [-0.2, -0.15) is 0 Å². The van der Waals surface area contributed by atoms with Gasteiger partial charge in [0.1, 0.15) is 6.26 Å². The van der Waals surface area contributed by atoms with Crippen molar-refractivity contribution in [3.63, 3.8) is 0 Å². The molecule has 0 atom stereocenters. The normalized spacial score (nSPS) is 11.5. The summed E-state index contributed by atoms with van der Waals surface area (Å²) in [6.45, 7) is 0.900. The van der Waals surface area contributed by atoms with E-state index in [2.05, 4.69) is 14.8 Å². The highest BCUT2D eigenvalue weighted by Crippen LogP contribution is 2.14. The quantitative estimate of drug-likeness (QED) is 0.0812. The molecule has 9 heteroatoms. The molecule has 210 valence electrons. The Kier molecular flexibility index (Phi) is 18.2. The Hall–Kier alpha value is -2.39. The molecule has 0 aliphatic carbocycles. The molecule has 0 saturated carbocycles. The van der Waals surface area contributed by atoms with Gasteiger partial charge in [0.2, 0.25) is 10.0 Å². The number of carbonyl (C=O) groups is 2. The van der Waals surface area contributed by atoms with Crippen molar-refractivity contribution in [2.45, 2.75) is 89.9 Å². The molecule has 0 heterocycles. The van der Waals surface area contributed by atoms with Gasteiger partial charge in [-0.1, -0.05) is 77.0 Å². The van der Waals surface area contributed by atoms with Crippen molar-refractivity contribution in [2.75, 3.05) is 31.8 Å². The van der Waals surface area contributed by atoms with E-state index in [9.17, 15) is 18.0 Å². The van der Waals surface area contributed by atoms with E-state index < -0.39 is 22.0 Å². The highest BCUT2D eigenvalue weighted by Gasteiger charge is 2.06. The molecule has 1 aromatic carbocycles. The highest BCUT2D eigenvalue weighted by molar-refractivity contribution is 7.89. The third kappa shape index (κ3) is 17.7. The zero-order valence-electron chi connectivity index (χ0n) is 22.6. The van der Waals surface area contributed by atoms with E-state index >= 15 is 0 Å². The fourth-order valence-electron chi connectivity index (χ4n) is 3.88. The Morgan fingerprint density at radius 3 is 1.76 bits per heavy atom. The molecular formula is C28H46N2O6S. The summed E-state index contributed by atoms with van der Waals surface area (Å²) in [5, 5.41) is 3.38. The highest BCUT2D eigenvalue weighted by atomic mass is 32.2. The predicted octanol–water partition coefficient (Wildman–Crippen LogP) is 5.95. The van der Waals surface area contributed by atoms with Crippen molar-refractivity contribution in [1.29, 1.82) is 0 Å². The van der Waals surface area contributed by atoms with Crippen LogP contribution in [0.25, 0.3) is 0 Å². The van der Waals surface area contributed by atoms with Gasteiger partial charge in [-0.25, -0.2) is 22.7 Å². The molecule has 0 spiro atoms. The lowest BCUT2D eigenvalue weighted by molar-refractivity contribution is -0.134. The smallest absolute Gasteiger partial charge is 0.342 e. The largest absolute Gasteiger partial charge is 0.466 e. The van der Waals surface area contributed by atoms with E-state index in [1.807, 2.05) is 12.1 Å². The van der Waals surface area contributed by atoms with Crippen LogP contribution in [0, 0.1) is 0 Å². The molecule has 0 bridgehead atoms. The average Bonchev–Trinajstić information content (AvgIpc) is 2.90. The van der Waals surface area contributed by atoms with Crippen molar-refractivity contribution in [2.24, 2.45) is 0 Å². The Labute approximate surface area is 223 Å².